The SMILES string of the molecule is CCOC(=O)c1ccc2sc(C(=O)C=Cc3ccccc3Cl)cc2c1. The van der Waals surface area contributed by atoms with Crippen molar-refractivity contribution in [2.24, 2.45) is 0 Å². The van der Waals surface area contributed by atoms with Gasteiger partial charge in [0.15, 0.2) is 5.78 Å². The van der Waals surface area contributed by atoms with Crippen LogP contribution in [0.5, 0.6) is 0 Å². The first-order valence-electron chi connectivity index (χ1n) is 7.76. The van der Waals surface area contributed by atoms with Crippen LogP contribution in [0.2, 0.25) is 5.02 Å². The average molecular weight is 371 g/mol. The maximum Gasteiger partial charge on any atom is 0.338 e. The van der Waals surface area contributed by atoms with Crippen molar-refractivity contribution in [1.29, 1.82) is 0 Å². The second kappa shape index (κ2) is 7.64. The molecule has 0 aliphatic heterocycles. The Morgan fingerprint density at radius 1 is 1.16 bits per heavy atom. The summed E-state index contributed by atoms with van der Waals surface area (Å²) in [6.45, 7) is 2.10. The molecule has 2 aromatic carbocycles. The van der Waals surface area contributed by atoms with Crippen molar-refractivity contribution in [2.75, 3.05) is 6.61 Å². The van der Waals surface area contributed by atoms with Gasteiger partial charge in [-0.3, -0.25) is 4.79 Å². The van der Waals surface area contributed by atoms with E-state index in [0.29, 0.717) is 22.1 Å². The zero-order valence-electron chi connectivity index (χ0n) is 13.5. The van der Waals surface area contributed by atoms with Gasteiger partial charge in [0, 0.05) is 9.72 Å². The molecular formula is C20H15ClO3S. The fourth-order valence-corrected chi connectivity index (χ4v) is 3.53. The van der Waals surface area contributed by atoms with E-state index in [9.17, 15) is 9.59 Å². The molecule has 1 heterocycles. The molecule has 0 radical (unpaired) electrons. The van der Waals surface area contributed by atoms with Crippen LogP contribution in [-0.4, -0.2) is 18.4 Å². The largest absolute Gasteiger partial charge is 0.462 e. The van der Waals surface area contributed by atoms with Crippen LogP contribution in [0.3, 0.4) is 0 Å². The summed E-state index contributed by atoms with van der Waals surface area (Å²) >= 11 is 7.48. The molecule has 1 aromatic heterocycles. The van der Waals surface area contributed by atoms with Crippen molar-refractivity contribution in [3.8, 4) is 0 Å². The van der Waals surface area contributed by atoms with E-state index in [1.165, 1.54) is 17.4 Å². The summed E-state index contributed by atoms with van der Waals surface area (Å²) in [5, 5.41) is 1.45. The topological polar surface area (TPSA) is 43.4 Å². The molecule has 25 heavy (non-hydrogen) atoms. The molecule has 0 unspecified atom stereocenters. The molecule has 0 aliphatic rings. The third-order valence-electron chi connectivity index (χ3n) is 3.59. The van der Waals surface area contributed by atoms with Crippen LogP contribution in [0.1, 0.15) is 32.5 Å². The minimum Gasteiger partial charge on any atom is -0.462 e. The summed E-state index contributed by atoms with van der Waals surface area (Å²) in [5.74, 6) is -0.458. The predicted molar refractivity (Wildman–Crippen MR) is 103 cm³/mol. The molecule has 0 saturated heterocycles. The van der Waals surface area contributed by atoms with E-state index in [1.807, 2.05) is 24.3 Å². The molecule has 0 aliphatic carbocycles. The lowest BCUT2D eigenvalue weighted by molar-refractivity contribution is 0.0526. The number of carbonyl (C=O) groups is 2. The highest BCUT2D eigenvalue weighted by atomic mass is 35.5. The maximum absolute atomic E-state index is 12.4. The Balaban J connectivity index is 1.85. The molecule has 3 aromatic rings. The van der Waals surface area contributed by atoms with Gasteiger partial charge in [-0.2, -0.15) is 0 Å². The normalized spacial score (nSPS) is 11.1. The van der Waals surface area contributed by atoms with Crippen molar-refractivity contribution >= 4 is 50.9 Å². The minimum absolute atomic E-state index is 0.0983. The summed E-state index contributed by atoms with van der Waals surface area (Å²) in [5.41, 5.74) is 1.28. The first kappa shape index (κ1) is 17.4. The second-order valence-electron chi connectivity index (χ2n) is 5.30. The van der Waals surface area contributed by atoms with Gasteiger partial charge in [0.25, 0.3) is 0 Å². The molecule has 0 spiro atoms. The van der Waals surface area contributed by atoms with Crippen molar-refractivity contribution in [1.82, 2.24) is 0 Å². The third kappa shape index (κ3) is 3.98. The van der Waals surface area contributed by atoms with Crippen LogP contribution >= 0.6 is 22.9 Å². The Kier molecular flexibility index (Phi) is 5.31. The molecule has 0 fully saturated rings. The highest BCUT2D eigenvalue weighted by Crippen LogP contribution is 2.28. The summed E-state index contributed by atoms with van der Waals surface area (Å²) < 4.78 is 5.95. The Hall–Kier alpha value is -2.43. The highest BCUT2D eigenvalue weighted by molar-refractivity contribution is 7.21. The number of benzene rings is 2. The van der Waals surface area contributed by atoms with Crippen molar-refractivity contribution in [2.45, 2.75) is 6.92 Å². The smallest absolute Gasteiger partial charge is 0.338 e. The molecule has 3 rings (SSSR count). The zero-order valence-corrected chi connectivity index (χ0v) is 15.1. The maximum atomic E-state index is 12.4. The van der Waals surface area contributed by atoms with Gasteiger partial charge in [-0.1, -0.05) is 29.8 Å². The Labute approximate surface area is 154 Å². The first-order valence-corrected chi connectivity index (χ1v) is 8.95. The number of esters is 1. The second-order valence-corrected chi connectivity index (χ2v) is 6.79. The van der Waals surface area contributed by atoms with Gasteiger partial charge in [0.1, 0.15) is 0 Å². The van der Waals surface area contributed by atoms with Crippen molar-refractivity contribution < 1.29 is 14.3 Å². The van der Waals surface area contributed by atoms with E-state index in [4.69, 9.17) is 16.3 Å². The molecule has 0 atom stereocenters. The van der Waals surface area contributed by atoms with Crippen LogP contribution in [-0.2, 0) is 4.74 Å². The third-order valence-corrected chi connectivity index (χ3v) is 5.06. The van der Waals surface area contributed by atoms with Gasteiger partial charge in [0.05, 0.1) is 17.0 Å². The average Bonchev–Trinajstić information content (AvgIpc) is 3.04. The molecule has 0 amide bonds. The number of allylic oxidation sites excluding steroid dienone is 1. The number of thiophene rings is 1. The molecule has 0 bridgehead atoms. The van der Waals surface area contributed by atoms with Gasteiger partial charge in [0.2, 0.25) is 0 Å². The monoisotopic (exact) mass is 370 g/mol. The van der Waals surface area contributed by atoms with E-state index >= 15 is 0 Å². The number of hydrogen-bond donors (Lipinski definition) is 0. The molecular weight excluding hydrogens is 356 g/mol. The summed E-state index contributed by atoms with van der Waals surface area (Å²) in [4.78, 5) is 24.8. The lowest BCUT2D eigenvalue weighted by Gasteiger charge is -2.00. The lowest BCUT2D eigenvalue weighted by atomic mass is 10.1. The summed E-state index contributed by atoms with van der Waals surface area (Å²) in [6.07, 6.45) is 3.22. The fourth-order valence-electron chi connectivity index (χ4n) is 2.36. The standard InChI is InChI=1S/C20H15ClO3S/c1-2-24-20(23)14-8-10-18-15(11-14)12-19(25-18)17(22)9-7-13-5-3-4-6-16(13)21/h3-12H,2H2,1H3. The summed E-state index contributed by atoms with van der Waals surface area (Å²) in [6, 6.07) is 14.4. The Morgan fingerprint density at radius 2 is 1.96 bits per heavy atom. The first-order chi connectivity index (χ1) is 12.1. The van der Waals surface area contributed by atoms with E-state index in [0.717, 1.165) is 15.6 Å². The number of rotatable bonds is 5. The number of halogens is 1. The van der Waals surface area contributed by atoms with Gasteiger partial charge in [-0.05, 0) is 60.4 Å². The van der Waals surface area contributed by atoms with E-state index in [2.05, 4.69) is 0 Å². The molecule has 126 valence electrons. The number of carbonyl (C=O) groups excluding carboxylic acids is 2. The summed E-state index contributed by atoms with van der Waals surface area (Å²) in [7, 11) is 0. The zero-order chi connectivity index (χ0) is 17.8. The quantitative estimate of drug-likeness (QED) is 0.332. The minimum atomic E-state index is -0.359. The predicted octanol–water partition coefficient (Wildman–Crippen LogP) is 5.63. The fraction of sp³-hybridized carbons (Fsp3) is 0.100. The lowest BCUT2D eigenvalue weighted by Crippen LogP contribution is -2.03. The van der Waals surface area contributed by atoms with Crippen molar-refractivity contribution in [3.05, 3.63) is 75.6 Å². The van der Waals surface area contributed by atoms with Crippen LogP contribution < -0.4 is 0 Å². The van der Waals surface area contributed by atoms with Gasteiger partial charge in [-0.25, -0.2) is 4.79 Å². The number of fused-ring (bicyclic) bond motifs is 1. The highest BCUT2D eigenvalue weighted by Gasteiger charge is 2.11. The molecule has 0 saturated carbocycles. The Bertz CT molecular complexity index is 972. The van der Waals surface area contributed by atoms with Gasteiger partial charge >= 0.3 is 5.97 Å². The molecule has 3 nitrogen and oxygen atoms in total. The molecule has 0 N–H and O–H groups in total. The Morgan fingerprint density at radius 3 is 2.72 bits per heavy atom. The van der Waals surface area contributed by atoms with Crippen LogP contribution in [0.15, 0.2) is 54.6 Å². The van der Waals surface area contributed by atoms with Crippen molar-refractivity contribution in [3.63, 3.8) is 0 Å². The van der Waals surface area contributed by atoms with E-state index < -0.39 is 0 Å². The van der Waals surface area contributed by atoms with E-state index in [-0.39, 0.29) is 11.8 Å². The van der Waals surface area contributed by atoms with Gasteiger partial charge in [-0.15, -0.1) is 11.3 Å². The van der Waals surface area contributed by atoms with Crippen LogP contribution in [0.4, 0.5) is 0 Å². The van der Waals surface area contributed by atoms with Crippen LogP contribution in [0, 0.1) is 0 Å². The number of hydrogen-bond acceptors (Lipinski definition) is 4. The van der Waals surface area contributed by atoms with Gasteiger partial charge < -0.3 is 4.74 Å². The molecule has 5 heteroatoms. The number of ketones is 1. The number of ether oxygens (including phenoxy) is 1. The van der Waals surface area contributed by atoms with E-state index in [1.54, 1.807) is 37.3 Å². The van der Waals surface area contributed by atoms with Crippen LogP contribution in [0.25, 0.3) is 16.2 Å².